The van der Waals surface area contributed by atoms with Crippen LogP contribution in [-0.2, 0) is 9.59 Å². The van der Waals surface area contributed by atoms with Crippen LogP contribution in [0.1, 0.15) is 46.0 Å². The second-order valence-electron chi connectivity index (χ2n) is 4.63. The summed E-state index contributed by atoms with van der Waals surface area (Å²) < 4.78 is 0. The van der Waals surface area contributed by atoms with Crippen LogP contribution in [0.3, 0.4) is 0 Å². The van der Waals surface area contributed by atoms with E-state index in [9.17, 15) is 14.7 Å². The zero-order valence-electron chi connectivity index (χ0n) is 10.5. The van der Waals surface area contributed by atoms with Crippen LogP contribution in [0.15, 0.2) is 11.6 Å². The summed E-state index contributed by atoms with van der Waals surface area (Å²) in [5.74, 6) is -1.38. The van der Waals surface area contributed by atoms with Crippen molar-refractivity contribution in [3.63, 3.8) is 0 Å². The topological polar surface area (TPSA) is 66.4 Å². The van der Waals surface area contributed by atoms with E-state index in [0.717, 1.165) is 25.7 Å². The summed E-state index contributed by atoms with van der Waals surface area (Å²) in [5, 5.41) is 12.0. The summed E-state index contributed by atoms with van der Waals surface area (Å²) in [6, 6.07) is -0.225. The molecular formula is C13H21NO3. The van der Waals surface area contributed by atoms with Crippen molar-refractivity contribution < 1.29 is 14.7 Å². The van der Waals surface area contributed by atoms with Crippen LogP contribution in [0.4, 0.5) is 0 Å². The Labute approximate surface area is 102 Å². The number of carboxylic acid groups (broad SMARTS) is 1. The number of allylic oxidation sites excluding steroid dienone is 1. The summed E-state index contributed by atoms with van der Waals surface area (Å²) in [4.78, 5) is 22.9. The fourth-order valence-electron chi connectivity index (χ4n) is 2.19. The van der Waals surface area contributed by atoms with E-state index in [4.69, 9.17) is 0 Å². The number of carbonyl (C=O) groups is 2. The van der Waals surface area contributed by atoms with Gasteiger partial charge in [0.2, 0.25) is 5.91 Å². The summed E-state index contributed by atoms with van der Waals surface area (Å²) in [6.45, 7) is 3.54. The molecule has 0 aromatic rings. The van der Waals surface area contributed by atoms with Crippen molar-refractivity contribution >= 4 is 11.9 Å². The van der Waals surface area contributed by atoms with Crippen LogP contribution in [0.5, 0.6) is 0 Å². The Kier molecular flexibility index (Phi) is 5.19. The Morgan fingerprint density at radius 3 is 2.47 bits per heavy atom. The highest BCUT2D eigenvalue weighted by Crippen LogP contribution is 2.24. The van der Waals surface area contributed by atoms with Crippen molar-refractivity contribution in [3.8, 4) is 0 Å². The molecule has 0 aromatic heterocycles. The zero-order valence-corrected chi connectivity index (χ0v) is 10.5. The lowest BCUT2D eigenvalue weighted by Gasteiger charge is -2.23. The normalized spacial score (nSPS) is 26.1. The monoisotopic (exact) mass is 239 g/mol. The molecule has 4 nitrogen and oxygen atoms in total. The van der Waals surface area contributed by atoms with Gasteiger partial charge in [0, 0.05) is 11.6 Å². The highest BCUT2D eigenvalue weighted by atomic mass is 16.4. The van der Waals surface area contributed by atoms with Crippen LogP contribution < -0.4 is 5.32 Å². The average Bonchev–Trinajstić information content (AvgIpc) is 2.53. The van der Waals surface area contributed by atoms with E-state index in [1.165, 1.54) is 0 Å². The third-order valence-corrected chi connectivity index (χ3v) is 3.44. The molecule has 0 saturated heterocycles. The standard InChI is InChI=1S/C13H21NO3/c1-3-9(2)12(15)14-11-8-6-4-5-7-10(11)13(16)17/h3,10-11H,4-8H2,1-2H3,(H,14,15)(H,16,17)/b9-3+. The molecular weight excluding hydrogens is 218 g/mol. The van der Waals surface area contributed by atoms with Crippen molar-refractivity contribution in [1.82, 2.24) is 5.32 Å². The van der Waals surface area contributed by atoms with Crippen molar-refractivity contribution in [2.45, 2.75) is 52.0 Å². The highest BCUT2D eigenvalue weighted by Gasteiger charge is 2.30. The second-order valence-corrected chi connectivity index (χ2v) is 4.63. The first-order valence-corrected chi connectivity index (χ1v) is 6.23. The van der Waals surface area contributed by atoms with E-state index < -0.39 is 11.9 Å². The number of hydrogen-bond acceptors (Lipinski definition) is 2. The fraction of sp³-hybridized carbons (Fsp3) is 0.692. The van der Waals surface area contributed by atoms with Gasteiger partial charge in [0.25, 0.3) is 0 Å². The first-order chi connectivity index (χ1) is 8.06. The van der Waals surface area contributed by atoms with Crippen LogP contribution in [0, 0.1) is 5.92 Å². The number of carbonyl (C=O) groups excluding carboxylic acids is 1. The molecule has 2 atom stereocenters. The lowest BCUT2D eigenvalue weighted by molar-refractivity contribution is -0.143. The van der Waals surface area contributed by atoms with Gasteiger partial charge in [-0.05, 0) is 26.7 Å². The van der Waals surface area contributed by atoms with Crippen LogP contribution in [0.25, 0.3) is 0 Å². The Hall–Kier alpha value is -1.32. The predicted octanol–water partition coefficient (Wildman–Crippen LogP) is 2.10. The molecule has 2 unspecified atom stereocenters. The van der Waals surface area contributed by atoms with Gasteiger partial charge in [0.15, 0.2) is 0 Å². The molecule has 0 spiro atoms. The van der Waals surface area contributed by atoms with Gasteiger partial charge in [-0.25, -0.2) is 0 Å². The van der Waals surface area contributed by atoms with Crippen LogP contribution in [-0.4, -0.2) is 23.0 Å². The first kappa shape index (κ1) is 13.7. The molecule has 0 aliphatic heterocycles. The lowest BCUT2D eigenvalue weighted by Crippen LogP contribution is -2.43. The van der Waals surface area contributed by atoms with Crippen molar-refractivity contribution in [2.75, 3.05) is 0 Å². The van der Waals surface area contributed by atoms with E-state index in [0.29, 0.717) is 12.0 Å². The number of hydrogen-bond donors (Lipinski definition) is 2. The molecule has 0 radical (unpaired) electrons. The molecule has 96 valence electrons. The molecule has 1 aliphatic rings. The highest BCUT2D eigenvalue weighted by molar-refractivity contribution is 5.93. The summed E-state index contributed by atoms with van der Waals surface area (Å²) in [5.41, 5.74) is 0.637. The van der Waals surface area contributed by atoms with Crippen LogP contribution >= 0.6 is 0 Å². The smallest absolute Gasteiger partial charge is 0.308 e. The maximum atomic E-state index is 11.8. The van der Waals surface area contributed by atoms with Gasteiger partial charge in [-0.15, -0.1) is 0 Å². The van der Waals surface area contributed by atoms with Gasteiger partial charge in [0.05, 0.1) is 5.92 Å². The van der Waals surface area contributed by atoms with Gasteiger partial charge in [0.1, 0.15) is 0 Å². The quantitative estimate of drug-likeness (QED) is 0.585. The molecule has 0 aromatic carbocycles. The van der Waals surface area contributed by atoms with Gasteiger partial charge in [-0.3, -0.25) is 9.59 Å². The van der Waals surface area contributed by atoms with E-state index in [1.54, 1.807) is 19.9 Å². The fourth-order valence-corrected chi connectivity index (χ4v) is 2.19. The van der Waals surface area contributed by atoms with Gasteiger partial charge in [-0.2, -0.15) is 0 Å². The number of carboxylic acids is 1. The van der Waals surface area contributed by atoms with Crippen molar-refractivity contribution in [3.05, 3.63) is 11.6 Å². The third kappa shape index (κ3) is 3.88. The predicted molar refractivity (Wildman–Crippen MR) is 65.6 cm³/mol. The molecule has 1 rings (SSSR count). The molecule has 0 bridgehead atoms. The minimum atomic E-state index is -0.796. The first-order valence-electron chi connectivity index (χ1n) is 6.23. The number of nitrogens with one attached hydrogen (secondary N) is 1. The molecule has 2 N–H and O–H groups in total. The number of rotatable bonds is 3. The van der Waals surface area contributed by atoms with E-state index in [1.807, 2.05) is 0 Å². The molecule has 1 fully saturated rings. The molecule has 4 heteroatoms. The third-order valence-electron chi connectivity index (χ3n) is 3.44. The molecule has 17 heavy (non-hydrogen) atoms. The largest absolute Gasteiger partial charge is 0.481 e. The Bertz CT molecular complexity index is 323. The Morgan fingerprint density at radius 2 is 1.88 bits per heavy atom. The summed E-state index contributed by atoms with van der Waals surface area (Å²) in [7, 11) is 0. The second kappa shape index (κ2) is 6.42. The maximum absolute atomic E-state index is 11.8. The number of aliphatic carboxylic acids is 1. The molecule has 1 saturated carbocycles. The number of amides is 1. The molecule has 1 aliphatic carbocycles. The van der Waals surface area contributed by atoms with Gasteiger partial charge in [-0.1, -0.05) is 25.3 Å². The van der Waals surface area contributed by atoms with Gasteiger partial charge < -0.3 is 10.4 Å². The summed E-state index contributed by atoms with van der Waals surface area (Å²) in [6.07, 6.45) is 6.14. The SMILES string of the molecule is C/C=C(\C)C(=O)NC1CCCCCC1C(=O)O. The van der Waals surface area contributed by atoms with Gasteiger partial charge >= 0.3 is 5.97 Å². The lowest BCUT2D eigenvalue weighted by atomic mass is 9.94. The minimum absolute atomic E-state index is 0.148. The maximum Gasteiger partial charge on any atom is 0.308 e. The zero-order chi connectivity index (χ0) is 12.8. The molecule has 0 heterocycles. The molecule has 1 amide bonds. The van der Waals surface area contributed by atoms with Crippen molar-refractivity contribution in [1.29, 1.82) is 0 Å². The Morgan fingerprint density at radius 1 is 1.24 bits per heavy atom. The van der Waals surface area contributed by atoms with Crippen molar-refractivity contribution in [2.24, 2.45) is 5.92 Å². The summed E-state index contributed by atoms with van der Waals surface area (Å²) >= 11 is 0. The van der Waals surface area contributed by atoms with E-state index in [-0.39, 0.29) is 11.9 Å². The van der Waals surface area contributed by atoms with E-state index >= 15 is 0 Å². The average molecular weight is 239 g/mol. The van der Waals surface area contributed by atoms with Crippen LogP contribution in [0.2, 0.25) is 0 Å². The van der Waals surface area contributed by atoms with E-state index in [2.05, 4.69) is 5.32 Å². The minimum Gasteiger partial charge on any atom is -0.481 e. The Balaban J connectivity index is 2.70.